The van der Waals surface area contributed by atoms with Gasteiger partial charge >= 0.3 is 0 Å². The van der Waals surface area contributed by atoms with Gasteiger partial charge in [0, 0.05) is 38.0 Å². The number of H-pyrrole nitrogens is 1. The van der Waals surface area contributed by atoms with E-state index in [0.717, 1.165) is 5.56 Å². The molecule has 1 N–H and O–H groups in total. The fourth-order valence-electron chi connectivity index (χ4n) is 1.48. The monoisotopic (exact) mass is 234 g/mol. The molecule has 0 unspecified atom stereocenters. The molecule has 0 atom stereocenters. The highest BCUT2D eigenvalue weighted by Gasteiger charge is 2.09. The lowest BCUT2D eigenvalue weighted by atomic mass is 10.3. The Bertz CT molecular complexity index is 449. The maximum absolute atomic E-state index is 11.8. The molecule has 0 bridgehead atoms. The summed E-state index contributed by atoms with van der Waals surface area (Å²) in [6, 6.07) is 0. The van der Waals surface area contributed by atoms with Gasteiger partial charge in [0.05, 0.1) is 18.9 Å². The van der Waals surface area contributed by atoms with Crippen LogP contribution in [0, 0.1) is 0 Å². The zero-order chi connectivity index (χ0) is 12.1. The van der Waals surface area contributed by atoms with Crippen molar-refractivity contribution < 1.29 is 4.79 Å². The summed E-state index contributed by atoms with van der Waals surface area (Å²) in [5, 5.41) is 14.0. The van der Waals surface area contributed by atoms with E-state index in [1.54, 1.807) is 41.4 Å². The van der Waals surface area contributed by atoms with Crippen LogP contribution in [0.5, 0.6) is 0 Å². The molecule has 2 rings (SSSR count). The minimum absolute atomic E-state index is 0.0710. The van der Waals surface area contributed by atoms with E-state index in [9.17, 15) is 4.79 Å². The van der Waals surface area contributed by atoms with Crippen LogP contribution in [0.3, 0.4) is 0 Å². The number of aryl methyl sites for hydroxylation is 1. The topological polar surface area (TPSA) is 79.7 Å². The molecule has 0 aliphatic rings. The first-order chi connectivity index (χ1) is 8.25. The van der Waals surface area contributed by atoms with Gasteiger partial charge in [0.1, 0.15) is 0 Å². The Hall–Kier alpha value is -2.18. The first-order valence-electron chi connectivity index (χ1n) is 5.31. The third-order valence-electron chi connectivity index (χ3n) is 2.43. The summed E-state index contributed by atoms with van der Waals surface area (Å²) < 4.78 is 1.64. The molecule has 7 nitrogen and oxygen atoms in total. The van der Waals surface area contributed by atoms with E-state index in [-0.39, 0.29) is 5.91 Å². The molecule has 0 saturated heterocycles. The van der Waals surface area contributed by atoms with Crippen molar-refractivity contribution in [3.63, 3.8) is 0 Å². The number of carbonyl (C=O) groups excluding carboxylic acids is 1. The van der Waals surface area contributed by atoms with Gasteiger partial charge in [0.15, 0.2) is 0 Å². The molecule has 2 aromatic rings. The van der Waals surface area contributed by atoms with Crippen molar-refractivity contribution in [2.45, 2.75) is 19.5 Å². The normalized spacial score (nSPS) is 10.4. The van der Waals surface area contributed by atoms with Crippen molar-refractivity contribution in [1.82, 2.24) is 30.1 Å². The SMILES string of the molecule is CN(Cc1cn[nH]c1)C(=O)CCn1ccnn1. The summed E-state index contributed by atoms with van der Waals surface area (Å²) in [5.41, 5.74) is 0.988. The number of rotatable bonds is 5. The molecule has 2 aromatic heterocycles. The summed E-state index contributed by atoms with van der Waals surface area (Å²) in [6.45, 7) is 1.11. The van der Waals surface area contributed by atoms with Crippen LogP contribution >= 0.6 is 0 Å². The summed E-state index contributed by atoms with van der Waals surface area (Å²) >= 11 is 0. The van der Waals surface area contributed by atoms with Crippen molar-refractivity contribution in [3.8, 4) is 0 Å². The number of hydrogen-bond acceptors (Lipinski definition) is 4. The fraction of sp³-hybridized carbons (Fsp3) is 0.400. The van der Waals surface area contributed by atoms with Crippen LogP contribution in [-0.4, -0.2) is 43.0 Å². The van der Waals surface area contributed by atoms with Gasteiger partial charge in [-0.2, -0.15) is 5.10 Å². The average molecular weight is 234 g/mol. The summed E-state index contributed by atoms with van der Waals surface area (Å²) in [6.07, 6.45) is 7.24. The highest BCUT2D eigenvalue weighted by Crippen LogP contribution is 2.02. The molecule has 17 heavy (non-hydrogen) atoms. The maximum atomic E-state index is 11.8. The summed E-state index contributed by atoms with van der Waals surface area (Å²) in [7, 11) is 1.77. The number of aromatic nitrogens is 5. The van der Waals surface area contributed by atoms with Gasteiger partial charge in [-0.3, -0.25) is 14.6 Å². The predicted octanol–water partition coefficient (Wildman–Crippen LogP) is 0.0499. The third-order valence-corrected chi connectivity index (χ3v) is 2.43. The van der Waals surface area contributed by atoms with Gasteiger partial charge in [-0.05, 0) is 0 Å². The smallest absolute Gasteiger partial charge is 0.224 e. The molecule has 0 saturated carbocycles. The second kappa shape index (κ2) is 5.24. The lowest BCUT2D eigenvalue weighted by Crippen LogP contribution is -2.27. The zero-order valence-corrected chi connectivity index (χ0v) is 9.58. The quantitative estimate of drug-likeness (QED) is 0.792. The highest BCUT2D eigenvalue weighted by atomic mass is 16.2. The highest BCUT2D eigenvalue weighted by molar-refractivity contribution is 5.75. The van der Waals surface area contributed by atoms with Crippen molar-refractivity contribution in [1.29, 1.82) is 0 Å². The van der Waals surface area contributed by atoms with Crippen LogP contribution in [0.25, 0.3) is 0 Å². The largest absolute Gasteiger partial charge is 0.341 e. The Labute approximate surface area is 98.4 Å². The molecule has 0 aliphatic carbocycles. The number of carbonyl (C=O) groups is 1. The number of hydrogen-bond donors (Lipinski definition) is 1. The molecule has 0 fully saturated rings. The molecule has 7 heteroatoms. The Balaban J connectivity index is 1.79. The van der Waals surface area contributed by atoms with Gasteiger partial charge in [-0.25, -0.2) is 0 Å². The predicted molar refractivity (Wildman–Crippen MR) is 59.7 cm³/mol. The molecule has 1 amide bonds. The van der Waals surface area contributed by atoms with Gasteiger partial charge in [-0.1, -0.05) is 5.21 Å². The van der Waals surface area contributed by atoms with Gasteiger partial charge in [0.25, 0.3) is 0 Å². The van der Waals surface area contributed by atoms with E-state index in [1.807, 2.05) is 0 Å². The molecule has 0 spiro atoms. The standard InChI is InChI=1S/C10H14N6O/c1-15(8-9-6-12-13-7-9)10(17)2-4-16-5-3-11-14-16/h3,5-7H,2,4,8H2,1H3,(H,12,13). The van der Waals surface area contributed by atoms with Crippen molar-refractivity contribution in [3.05, 3.63) is 30.4 Å². The second-order valence-electron chi connectivity index (χ2n) is 3.77. The van der Waals surface area contributed by atoms with E-state index in [2.05, 4.69) is 20.5 Å². The summed E-state index contributed by atoms with van der Waals surface area (Å²) in [5.74, 6) is 0.0710. The van der Waals surface area contributed by atoms with Gasteiger partial charge < -0.3 is 4.90 Å². The van der Waals surface area contributed by atoms with Crippen molar-refractivity contribution >= 4 is 5.91 Å². The van der Waals surface area contributed by atoms with Crippen LogP contribution in [0.4, 0.5) is 0 Å². The molecular weight excluding hydrogens is 220 g/mol. The Morgan fingerprint density at radius 1 is 1.59 bits per heavy atom. The molecule has 0 radical (unpaired) electrons. The van der Waals surface area contributed by atoms with Crippen molar-refractivity contribution in [2.24, 2.45) is 0 Å². The van der Waals surface area contributed by atoms with Gasteiger partial charge in [0.2, 0.25) is 5.91 Å². The number of aromatic amines is 1. The van der Waals surface area contributed by atoms with E-state index >= 15 is 0 Å². The van der Waals surface area contributed by atoms with Gasteiger partial charge in [-0.15, -0.1) is 5.10 Å². The zero-order valence-electron chi connectivity index (χ0n) is 9.58. The molecule has 90 valence electrons. The van der Waals surface area contributed by atoms with Crippen LogP contribution < -0.4 is 0 Å². The lowest BCUT2D eigenvalue weighted by Gasteiger charge is -2.15. The first kappa shape index (κ1) is 11.3. The van der Waals surface area contributed by atoms with E-state index < -0.39 is 0 Å². The Morgan fingerprint density at radius 3 is 3.12 bits per heavy atom. The van der Waals surface area contributed by atoms with Crippen LogP contribution in [-0.2, 0) is 17.9 Å². The molecule has 0 aliphatic heterocycles. The number of nitrogens with one attached hydrogen (secondary N) is 1. The third kappa shape index (κ3) is 3.13. The molecule has 2 heterocycles. The fourth-order valence-corrected chi connectivity index (χ4v) is 1.48. The first-order valence-corrected chi connectivity index (χ1v) is 5.31. The van der Waals surface area contributed by atoms with E-state index in [1.165, 1.54) is 0 Å². The van der Waals surface area contributed by atoms with Crippen molar-refractivity contribution in [2.75, 3.05) is 7.05 Å². The second-order valence-corrected chi connectivity index (χ2v) is 3.77. The number of amides is 1. The lowest BCUT2D eigenvalue weighted by molar-refractivity contribution is -0.130. The number of nitrogens with zero attached hydrogens (tertiary/aromatic N) is 5. The molecular formula is C10H14N6O. The van der Waals surface area contributed by atoms with E-state index in [4.69, 9.17) is 0 Å². The molecule has 0 aromatic carbocycles. The Morgan fingerprint density at radius 2 is 2.47 bits per heavy atom. The maximum Gasteiger partial charge on any atom is 0.224 e. The van der Waals surface area contributed by atoms with Crippen LogP contribution in [0.2, 0.25) is 0 Å². The Kier molecular flexibility index (Phi) is 3.49. The minimum Gasteiger partial charge on any atom is -0.341 e. The minimum atomic E-state index is 0.0710. The summed E-state index contributed by atoms with van der Waals surface area (Å²) in [4.78, 5) is 13.5. The van der Waals surface area contributed by atoms with E-state index in [0.29, 0.717) is 19.5 Å². The average Bonchev–Trinajstić information content (AvgIpc) is 2.98. The van der Waals surface area contributed by atoms with Crippen LogP contribution in [0.1, 0.15) is 12.0 Å². The van der Waals surface area contributed by atoms with Crippen LogP contribution in [0.15, 0.2) is 24.8 Å².